The lowest BCUT2D eigenvalue weighted by molar-refractivity contribution is 0.548. The molecule has 0 radical (unpaired) electrons. The van der Waals surface area contributed by atoms with Crippen LogP contribution in [0, 0.1) is 5.82 Å². The number of benzene rings is 1. The van der Waals surface area contributed by atoms with E-state index >= 15 is 0 Å². The molecule has 0 spiro atoms. The second-order valence-corrected chi connectivity index (χ2v) is 4.34. The van der Waals surface area contributed by atoms with Gasteiger partial charge in [-0.15, -0.1) is 0 Å². The van der Waals surface area contributed by atoms with Crippen molar-refractivity contribution >= 4 is 5.69 Å². The molecular weight excluding hydrogens is 203 g/mol. The van der Waals surface area contributed by atoms with Gasteiger partial charge in [0.2, 0.25) is 0 Å². The normalized spacial score (nSPS) is 20.4. The van der Waals surface area contributed by atoms with Gasteiger partial charge in [-0.2, -0.15) is 0 Å². The van der Waals surface area contributed by atoms with E-state index in [1.165, 1.54) is 6.07 Å². The van der Waals surface area contributed by atoms with Crippen molar-refractivity contribution in [3.8, 4) is 0 Å². The van der Waals surface area contributed by atoms with Crippen LogP contribution in [-0.4, -0.2) is 25.7 Å². The first-order chi connectivity index (χ1) is 7.81. The molecule has 16 heavy (non-hydrogen) atoms. The van der Waals surface area contributed by atoms with Crippen LogP contribution in [0.5, 0.6) is 0 Å². The number of halogens is 1. The molecule has 88 valence electrons. The third-order valence-corrected chi connectivity index (χ3v) is 3.06. The van der Waals surface area contributed by atoms with E-state index in [4.69, 9.17) is 0 Å². The van der Waals surface area contributed by atoms with E-state index in [9.17, 15) is 4.39 Å². The fraction of sp³-hybridized carbons (Fsp3) is 0.538. The summed E-state index contributed by atoms with van der Waals surface area (Å²) >= 11 is 0. The van der Waals surface area contributed by atoms with Gasteiger partial charge < -0.3 is 10.2 Å². The van der Waals surface area contributed by atoms with E-state index in [2.05, 4.69) is 17.1 Å². The average molecular weight is 222 g/mol. The summed E-state index contributed by atoms with van der Waals surface area (Å²) in [6.45, 7) is 5.08. The molecule has 1 atom stereocenters. The first-order valence-corrected chi connectivity index (χ1v) is 6.04. The number of hydrogen-bond donors (Lipinski definition) is 1. The molecule has 0 aromatic heterocycles. The molecule has 1 unspecified atom stereocenters. The van der Waals surface area contributed by atoms with Gasteiger partial charge in [-0.25, -0.2) is 4.39 Å². The maximum Gasteiger partial charge on any atom is 0.146 e. The first-order valence-electron chi connectivity index (χ1n) is 6.04. The van der Waals surface area contributed by atoms with Crippen molar-refractivity contribution in [2.75, 3.05) is 24.5 Å². The fourth-order valence-electron chi connectivity index (χ4n) is 2.20. The Morgan fingerprint density at radius 2 is 2.25 bits per heavy atom. The Bertz CT molecular complexity index is 340. The highest BCUT2D eigenvalue weighted by Crippen LogP contribution is 2.23. The van der Waals surface area contributed by atoms with Crippen molar-refractivity contribution in [2.24, 2.45) is 0 Å². The molecule has 1 heterocycles. The molecule has 3 heteroatoms. The average Bonchev–Trinajstić information content (AvgIpc) is 2.75. The van der Waals surface area contributed by atoms with Crippen LogP contribution in [0.25, 0.3) is 0 Å². The lowest BCUT2D eigenvalue weighted by atomic mass is 10.2. The Balaban J connectivity index is 1.96. The summed E-state index contributed by atoms with van der Waals surface area (Å²) < 4.78 is 13.6. The number of nitrogens with zero attached hydrogens (tertiary/aromatic N) is 1. The van der Waals surface area contributed by atoms with Gasteiger partial charge in [0.05, 0.1) is 5.69 Å². The standard InChI is InChI=1S/C13H19FN2/c1-2-8-15-11-7-9-16(10-11)13-6-4-3-5-12(13)14/h3-6,11,15H,2,7-10H2,1H3. The Morgan fingerprint density at radius 1 is 1.44 bits per heavy atom. The molecule has 1 aliphatic rings. The number of para-hydroxylation sites is 1. The van der Waals surface area contributed by atoms with Crippen molar-refractivity contribution in [2.45, 2.75) is 25.8 Å². The van der Waals surface area contributed by atoms with Gasteiger partial charge >= 0.3 is 0 Å². The molecule has 2 nitrogen and oxygen atoms in total. The predicted octanol–water partition coefficient (Wildman–Crippen LogP) is 2.40. The van der Waals surface area contributed by atoms with E-state index in [1.54, 1.807) is 6.07 Å². The zero-order valence-electron chi connectivity index (χ0n) is 9.75. The third-order valence-electron chi connectivity index (χ3n) is 3.06. The number of nitrogens with one attached hydrogen (secondary N) is 1. The minimum absolute atomic E-state index is 0.112. The molecular formula is C13H19FN2. The van der Waals surface area contributed by atoms with Gasteiger partial charge in [0.1, 0.15) is 5.82 Å². The van der Waals surface area contributed by atoms with Crippen LogP contribution in [0.1, 0.15) is 19.8 Å². The summed E-state index contributed by atoms with van der Waals surface area (Å²) in [6, 6.07) is 7.53. The molecule has 1 fully saturated rings. The molecule has 1 aliphatic heterocycles. The van der Waals surface area contributed by atoms with Crippen molar-refractivity contribution in [3.63, 3.8) is 0 Å². The van der Waals surface area contributed by atoms with E-state index in [-0.39, 0.29) is 5.82 Å². The smallest absolute Gasteiger partial charge is 0.146 e. The van der Waals surface area contributed by atoms with E-state index in [0.29, 0.717) is 6.04 Å². The summed E-state index contributed by atoms with van der Waals surface area (Å²) in [5.41, 5.74) is 0.739. The van der Waals surface area contributed by atoms with Crippen LogP contribution in [0.4, 0.5) is 10.1 Å². The highest BCUT2D eigenvalue weighted by molar-refractivity contribution is 5.48. The Morgan fingerprint density at radius 3 is 3.00 bits per heavy atom. The van der Waals surface area contributed by atoms with Crippen LogP contribution in [0.15, 0.2) is 24.3 Å². The first kappa shape index (κ1) is 11.4. The predicted molar refractivity (Wildman–Crippen MR) is 65.3 cm³/mol. The second kappa shape index (κ2) is 5.30. The Hall–Kier alpha value is -1.09. The van der Waals surface area contributed by atoms with Gasteiger partial charge in [-0.3, -0.25) is 0 Å². The highest BCUT2D eigenvalue weighted by atomic mass is 19.1. The van der Waals surface area contributed by atoms with Crippen LogP contribution < -0.4 is 10.2 Å². The third kappa shape index (κ3) is 2.53. The Kier molecular flexibility index (Phi) is 3.78. The zero-order valence-corrected chi connectivity index (χ0v) is 9.75. The molecule has 2 rings (SSSR count). The van der Waals surface area contributed by atoms with Crippen molar-refractivity contribution in [3.05, 3.63) is 30.1 Å². The molecule has 0 saturated carbocycles. The number of hydrogen-bond acceptors (Lipinski definition) is 2. The summed E-state index contributed by atoms with van der Waals surface area (Å²) in [7, 11) is 0. The van der Waals surface area contributed by atoms with Gasteiger partial charge in [0.15, 0.2) is 0 Å². The van der Waals surface area contributed by atoms with Gasteiger partial charge in [-0.05, 0) is 31.5 Å². The van der Waals surface area contributed by atoms with E-state index < -0.39 is 0 Å². The highest BCUT2D eigenvalue weighted by Gasteiger charge is 2.23. The van der Waals surface area contributed by atoms with Crippen LogP contribution >= 0.6 is 0 Å². The van der Waals surface area contributed by atoms with Crippen LogP contribution in [-0.2, 0) is 0 Å². The largest absolute Gasteiger partial charge is 0.368 e. The van der Waals surface area contributed by atoms with E-state index in [0.717, 1.165) is 38.2 Å². The van der Waals surface area contributed by atoms with Crippen molar-refractivity contribution < 1.29 is 4.39 Å². The van der Waals surface area contributed by atoms with Gasteiger partial charge in [-0.1, -0.05) is 19.1 Å². The molecule has 0 bridgehead atoms. The molecule has 1 aromatic carbocycles. The SMILES string of the molecule is CCCNC1CCN(c2ccccc2F)C1. The van der Waals surface area contributed by atoms with E-state index in [1.807, 2.05) is 12.1 Å². The number of anilines is 1. The maximum atomic E-state index is 13.6. The second-order valence-electron chi connectivity index (χ2n) is 4.34. The molecule has 0 aliphatic carbocycles. The molecule has 1 saturated heterocycles. The Labute approximate surface area is 96.5 Å². The molecule has 1 aromatic rings. The summed E-state index contributed by atoms with van der Waals surface area (Å²) in [6.07, 6.45) is 2.25. The van der Waals surface area contributed by atoms with Crippen molar-refractivity contribution in [1.29, 1.82) is 0 Å². The fourth-order valence-corrected chi connectivity index (χ4v) is 2.20. The lowest BCUT2D eigenvalue weighted by Gasteiger charge is -2.19. The quantitative estimate of drug-likeness (QED) is 0.841. The minimum Gasteiger partial charge on any atom is -0.368 e. The number of rotatable bonds is 4. The zero-order chi connectivity index (χ0) is 11.4. The summed E-state index contributed by atoms with van der Waals surface area (Å²) in [5, 5.41) is 3.49. The van der Waals surface area contributed by atoms with Crippen LogP contribution in [0.2, 0.25) is 0 Å². The summed E-state index contributed by atoms with van der Waals surface area (Å²) in [4.78, 5) is 2.13. The van der Waals surface area contributed by atoms with Gasteiger partial charge in [0, 0.05) is 19.1 Å². The monoisotopic (exact) mass is 222 g/mol. The van der Waals surface area contributed by atoms with Crippen molar-refractivity contribution in [1.82, 2.24) is 5.32 Å². The lowest BCUT2D eigenvalue weighted by Crippen LogP contribution is -2.33. The topological polar surface area (TPSA) is 15.3 Å². The molecule has 0 amide bonds. The molecule has 1 N–H and O–H groups in total. The van der Waals surface area contributed by atoms with Crippen LogP contribution in [0.3, 0.4) is 0 Å². The maximum absolute atomic E-state index is 13.6. The summed E-state index contributed by atoms with van der Waals surface area (Å²) in [5.74, 6) is -0.112. The van der Waals surface area contributed by atoms with Gasteiger partial charge in [0.25, 0.3) is 0 Å². The minimum atomic E-state index is -0.112.